The van der Waals surface area contributed by atoms with Crippen molar-refractivity contribution >= 4 is 34.1 Å². The highest BCUT2D eigenvalue weighted by Crippen LogP contribution is 2.42. The molecule has 2 heterocycles. The number of hydrogen-bond donors (Lipinski definition) is 0. The highest BCUT2D eigenvalue weighted by Gasteiger charge is 2.50. The Labute approximate surface area is 75.3 Å². The Hall–Kier alpha value is -0.0900. The molecule has 0 spiro atoms. The fourth-order valence-electron chi connectivity index (χ4n) is 1.60. The van der Waals surface area contributed by atoms with E-state index in [9.17, 15) is 4.79 Å². The van der Waals surface area contributed by atoms with Gasteiger partial charge in [-0.3, -0.25) is 4.79 Å². The van der Waals surface area contributed by atoms with Gasteiger partial charge in [0, 0.05) is 0 Å². The second-order valence-electron chi connectivity index (χ2n) is 2.86. The second-order valence-corrected chi connectivity index (χ2v) is 4.82. The summed E-state index contributed by atoms with van der Waals surface area (Å²) >= 11 is 6.72. The van der Waals surface area contributed by atoms with Crippen LogP contribution in [0.3, 0.4) is 0 Å². The quantitative estimate of drug-likeness (QED) is 0.455. The molecule has 2 saturated heterocycles. The minimum atomic E-state index is 0.250. The third-order valence-electron chi connectivity index (χ3n) is 2.24. The van der Waals surface area contributed by atoms with Crippen LogP contribution < -0.4 is 0 Å². The Balaban J connectivity index is 2.13. The first-order valence-electron chi connectivity index (χ1n) is 3.74. The molecule has 0 radical (unpaired) electrons. The summed E-state index contributed by atoms with van der Waals surface area (Å²) in [4.78, 5) is 13.1. The summed E-state index contributed by atoms with van der Waals surface area (Å²) < 4.78 is 0.972. The van der Waals surface area contributed by atoms with Crippen LogP contribution in [0.4, 0.5) is 0 Å². The van der Waals surface area contributed by atoms with Gasteiger partial charge < -0.3 is 4.90 Å². The van der Waals surface area contributed by atoms with Crippen molar-refractivity contribution in [1.82, 2.24) is 4.90 Å². The maximum atomic E-state index is 11.3. The fourth-order valence-corrected chi connectivity index (χ4v) is 3.29. The largest absolute Gasteiger partial charge is 0.323 e. The molecule has 0 N–H and O–H groups in total. The van der Waals surface area contributed by atoms with Gasteiger partial charge in [-0.2, -0.15) is 0 Å². The van der Waals surface area contributed by atoms with Gasteiger partial charge in [-0.25, -0.2) is 0 Å². The number of β-lactam (4-membered cyclic amide) rings is 1. The normalized spacial score (nSPS) is 35.5. The summed E-state index contributed by atoms with van der Waals surface area (Å²) in [5, 5.41) is 0.389. The molecular formula is C7H9NOS2. The molecule has 0 bridgehead atoms. The zero-order valence-electron chi connectivity index (χ0n) is 6.24. The van der Waals surface area contributed by atoms with Gasteiger partial charge in [0.2, 0.25) is 5.91 Å². The van der Waals surface area contributed by atoms with Crippen molar-refractivity contribution in [3.05, 3.63) is 0 Å². The Kier molecular flexibility index (Phi) is 1.68. The average Bonchev–Trinajstić information content (AvgIpc) is 2.30. The van der Waals surface area contributed by atoms with Gasteiger partial charge in [0.25, 0.3) is 0 Å². The Bertz CT molecular complexity index is 228. The minimum Gasteiger partial charge on any atom is -0.323 e. The summed E-state index contributed by atoms with van der Waals surface area (Å²) in [6.45, 7) is 2.77. The Morgan fingerprint density at radius 1 is 1.82 bits per heavy atom. The van der Waals surface area contributed by atoms with Gasteiger partial charge in [0.15, 0.2) is 0 Å². The lowest BCUT2D eigenvalue weighted by atomic mass is 9.96. The van der Waals surface area contributed by atoms with Gasteiger partial charge in [-0.1, -0.05) is 30.9 Å². The number of thiocarbonyl (C=S) groups is 1. The van der Waals surface area contributed by atoms with Crippen LogP contribution in [-0.2, 0) is 4.79 Å². The second kappa shape index (κ2) is 2.45. The first kappa shape index (κ1) is 7.55. The highest BCUT2D eigenvalue weighted by molar-refractivity contribution is 8.24. The zero-order chi connectivity index (χ0) is 8.01. The molecule has 2 fully saturated rings. The van der Waals surface area contributed by atoms with Gasteiger partial charge in [0.05, 0.1) is 22.0 Å². The van der Waals surface area contributed by atoms with Crippen LogP contribution in [0, 0.1) is 5.92 Å². The lowest BCUT2D eigenvalue weighted by Gasteiger charge is -2.40. The summed E-state index contributed by atoms with van der Waals surface area (Å²) in [5.74, 6) is 0.547. The smallest absolute Gasteiger partial charge is 0.229 e. The third kappa shape index (κ3) is 0.924. The lowest BCUT2D eigenvalue weighted by molar-refractivity contribution is -0.148. The summed E-state index contributed by atoms with van der Waals surface area (Å²) in [6.07, 6.45) is 0.954. The first-order valence-corrected chi connectivity index (χ1v) is 5.02. The number of nitrogens with zero attached hydrogens (tertiary/aromatic N) is 1. The molecule has 2 rings (SSSR count). The molecule has 11 heavy (non-hydrogen) atoms. The number of amides is 1. The SMILES string of the molecule is CCC1C(=O)N2CC(=S)SC12. The molecule has 0 aliphatic carbocycles. The molecule has 4 heteroatoms. The van der Waals surface area contributed by atoms with Crippen LogP contribution >= 0.6 is 24.0 Å². The predicted molar refractivity (Wildman–Crippen MR) is 49.5 cm³/mol. The number of rotatable bonds is 1. The molecular weight excluding hydrogens is 178 g/mol. The number of thioether (sulfide) groups is 1. The molecule has 1 amide bonds. The van der Waals surface area contributed by atoms with E-state index in [-0.39, 0.29) is 5.92 Å². The van der Waals surface area contributed by atoms with Crippen molar-refractivity contribution in [1.29, 1.82) is 0 Å². The maximum Gasteiger partial charge on any atom is 0.229 e. The number of carbonyl (C=O) groups is 1. The van der Waals surface area contributed by atoms with Crippen molar-refractivity contribution in [2.45, 2.75) is 18.7 Å². The van der Waals surface area contributed by atoms with Crippen LogP contribution in [0.5, 0.6) is 0 Å². The maximum absolute atomic E-state index is 11.3. The van der Waals surface area contributed by atoms with E-state index >= 15 is 0 Å². The number of hydrogen-bond acceptors (Lipinski definition) is 3. The monoisotopic (exact) mass is 187 g/mol. The number of fused-ring (bicyclic) bond motifs is 1. The molecule has 2 aliphatic rings. The molecule has 60 valence electrons. The minimum absolute atomic E-state index is 0.250. The van der Waals surface area contributed by atoms with Gasteiger partial charge in [0.1, 0.15) is 0 Å². The summed E-state index contributed by atoms with van der Waals surface area (Å²) in [7, 11) is 0. The van der Waals surface area contributed by atoms with Crippen molar-refractivity contribution in [2.75, 3.05) is 6.54 Å². The van der Waals surface area contributed by atoms with Crippen LogP contribution in [0.2, 0.25) is 0 Å². The molecule has 0 aromatic carbocycles. The highest BCUT2D eigenvalue weighted by atomic mass is 32.2. The standard InChI is InChI=1S/C7H9NOS2/c1-2-4-6(9)8-3-5(10)11-7(4)8/h4,7H,2-3H2,1H3. The van der Waals surface area contributed by atoms with Crippen molar-refractivity contribution in [3.8, 4) is 0 Å². The lowest BCUT2D eigenvalue weighted by Crippen LogP contribution is -2.55. The van der Waals surface area contributed by atoms with E-state index in [0.29, 0.717) is 17.8 Å². The van der Waals surface area contributed by atoms with Crippen LogP contribution in [-0.4, -0.2) is 26.9 Å². The van der Waals surface area contributed by atoms with E-state index < -0.39 is 0 Å². The van der Waals surface area contributed by atoms with Crippen molar-refractivity contribution in [3.63, 3.8) is 0 Å². The molecule has 2 atom stereocenters. The van der Waals surface area contributed by atoms with Crippen molar-refractivity contribution < 1.29 is 4.79 Å². The molecule has 2 unspecified atom stereocenters. The van der Waals surface area contributed by atoms with E-state index in [1.54, 1.807) is 11.8 Å². The van der Waals surface area contributed by atoms with E-state index in [1.807, 2.05) is 4.90 Å². The van der Waals surface area contributed by atoms with Crippen LogP contribution in [0.1, 0.15) is 13.3 Å². The Morgan fingerprint density at radius 3 is 3.18 bits per heavy atom. The van der Waals surface area contributed by atoms with Gasteiger partial charge in [-0.05, 0) is 6.42 Å². The Morgan fingerprint density at radius 2 is 2.55 bits per heavy atom. The average molecular weight is 187 g/mol. The molecule has 0 saturated carbocycles. The van der Waals surface area contributed by atoms with E-state index in [4.69, 9.17) is 12.2 Å². The fraction of sp³-hybridized carbons (Fsp3) is 0.714. The van der Waals surface area contributed by atoms with Crippen LogP contribution in [0.25, 0.3) is 0 Å². The summed E-state index contributed by atoms with van der Waals surface area (Å²) in [5.41, 5.74) is 0. The zero-order valence-corrected chi connectivity index (χ0v) is 7.87. The topological polar surface area (TPSA) is 20.3 Å². The molecule has 0 aromatic rings. The van der Waals surface area contributed by atoms with Gasteiger partial charge >= 0.3 is 0 Å². The van der Waals surface area contributed by atoms with Gasteiger partial charge in [-0.15, -0.1) is 0 Å². The van der Waals surface area contributed by atoms with E-state index in [0.717, 1.165) is 10.6 Å². The first-order chi connectivity index (χ1) is 5.24. The van der Waals surface area contributed by atoms with E-state index in [1.165, 1.54) is 0 Å². The third-order valence-corrected chi connectivity index (χ3v) is 3.88. The summed E-state index contributed by atoms with van der Waals surface area (Å²) in [6, 6.07) is 0. The predicted octanol–water partition coefficient (Wildman–Crippen LogP) is 1.26. The molecule has 2 nitrogen and oxygen atoms in total. The van der Waals surface area contributed by atoms with Crippen molar-refractivity contribution in [2.24, 2.45) is 5.92 Å². The molecule has 0 aromatic heterocycles. The molecule has 2 aliphatic heterocycles. The van der Waals surface area contributed by atoms with Crippen LogP contribution in [0.15, 0.2) is 0 Å². The van der Waals surface area contributed by atoms with E-state index in [2.05, 4.69) is 6.92 Å². The number of carbonyl (C=O) groups excluding carboxylic acids is 1.